The van der Waals surface area contributed by atoms with E-state index >= 15 is 0 Å². The van der Waals surface area contributed by atoms with Crippen molar-refractivity contribution in [1.29, 1.82) is 0 Å². The predicted molar refractivity (Wildman–Crippen MR) is 98.5 cm³/mol. The summed E-state index contributed by atoms with van der Waals surface area (Å²) in [7, 11) is 0. The summed E-state index contributed by atoms with van der Waals surface area (Å²) in [6.07, 6.45) is -0.339. The minimum atomic E-state index is -0.339. The van der Waals surface area contributed by atoms with Crippen LogP contribution in [0.3, 0.4) is 0 Å². The van der Waals surface area contributed by atoms with Crippen molar-refractivity contribution >= 4 is 11.9 Å². The second-order valence-electron chi connectivity index (χ2n) is 6.01. The van der Waals surface area contributed by atoms with Crippen LogP contribution >= 0.6 is 0 Å². The standard InChI is InChI=1S/C21H18N2O2/c1-15-14-18(16-8-4-2-5-9-16)19(17-10-6-3-7-11-17)20(22-15)23-12-13-25-21(23)24/h2-11,14H,12-13H2,1H3. The van der Waals surface area contributed by atoms with Crippen LogP contribution < -0.4 is 4.90 Å². The first kappa shape index (κ1) is 15.4. The first-order chi connectivity index (χ1) is 12.2. The lowest BCUT2D eigenvalue weighted by Gasteiger charge is -2.20. The van der Waals surface area contributed by atoms with E-state index in [-0.39, 0.29) is 6.09 Å². The summed E-state index contributed by atoms with van der Waals surface area (Å²) in [6.45, 7) is 2.86. The van der Waals surface area contributed by atoms with E-state index in [1.54, 1.807) is 4.90 Å². The molecule has 25 heavy (non-hydrogen) atoms. The molecule has 4 nitrogen and oxygen atoms in total. The molecule has 0 saturated carbocycles. The number of anilines is 1. The maximum absolute atomic E-state index is 12.2. The highest BCUT2D eigenvalue weighted by Gasteiger charge is 2.29. The van der Waals surface area contributed by atoms with E-state index in [1.807, 2.05) is 55.5 Å². The van der Waals surface area contributed by atoms with Crippen molar-refractivity contribution in [3.63, 3.8) is 0 Å². The largest absolute Gasteiger partial charge is 0.447 e. The SMILES string of the molecule is Cc1cc(-c2ccccc2)c(-c2ccccc2)c(N2CCOC2=O)n1. The first-order valence-electron chi connectivity index (χ1n) is 8.31. The van der Waals surface area contributed by atoms with Crippen LogP contribution in [0.15, 0.2) is 66.7 Å². The van der Waals surface area contributed by atoms with Gasteiger partial charge in [-0.25, -0.2) is 9.78 Å². The number of hydrogen-bond acceptors (Lipinski definition) is 3. The first-order valence-corrected chi connectivity index (χ1v) is 8.31. The molecule has 3 aromatic rings. The molecule has 0 atom stereocenters. The Balaban J connectivity index is 2.01. The van der Waals surface area contributed by atoms with Crippen molar-refractivity contribution in [2.24, 2.45) is 0 Å². The normalized spacial score (nSPS) is 13.8. The lowest BCUT2D eigenvalue weighted by Crippen LogP contribution is -2.25. The number of carbonyl (C=O) groups is 1. The molecule has 1 aliphatic heterocycles. The molecular formula is C21H18N2O2. The van der Waals surface area contributed by atoms with Crippen LogP contribution in [0.25, 0.3) is 22.3 Å². The second kappa shape index (κ2) is 6.40. The minimum Gasteiger partial charge on any atom is -0.447 e. The maximum Gasteiger partial charge on any atom is 0.415 e. The van der Waals surface area contributed by atoms with Gasteiger partial charge >= 0.3 is 6.09 Å². The summed E-state index contributed by atoms with van der Waals surface area (Å²) in [5, 5.41) is 0. The van der Waals surface area contributed by atoms with Crippen molar-refractivity contribution < 1.29 is 9.53 Å². The fourth-order valence-corrected chi connectivity index (χ4v) is 3.17. The molecule has 0 N–H and O–H groups in total. The number of cyclic esters (lactones) is 1. The van der Waals surface area contributed by atoms with Crippen LogP contribution in [0.4, 0.5) is 10.6 Å². The Morgan fingerprint density at radius 2 is 1.60 bits per heavy atom. The molecule has 0 radical (unpaired) electrons. The van der Waals surface area contributed by atoms with Crippen molar-refractivity contribution in [3.05, 3.63) is 72.4 Å². The molecule has 0 spiro atoms. The molecule has 4 heteroatoms. The zero-order chi connectivity index (χ0) is 17.2. The Hall–Kier alpha value is -3.14. The molecule has 0 unspecified atom stereocenters. The number of ether oxygens (including phenoxy) is 1. The summed E-state index contributed by atoms with van der Waals surface area (Å²) >= 11 is 0. The van der Waals surface area contributed by atoms with Crippen LogP contribution in [0.5, 0.6) is 0 Å². The summed E-state index contributed by atoms with van der Waals surface area (Å²) in [5.41, 5.74) is 5.02. The van der Waals surface area contributed by atoms with Crippen LogP contribution in [-0.4, -0.2) is 24.2 Å². The van der Waals surface area contributed by atoms with Gasteiger partial charge in [-0.15, -0.1) is 0 Å². The number of amides is 1. The van der Waals surface area contributed by atoms with Gasteiger partial charge in [-0.2, -0.15) is 0 Å². The van der Waals surface area contributed by atoms with Gasteiger partial charge in [-0.3, -0.25) is 4.90 Å². The van der Waals surface area contributed by atoms with Gasteiger partial charge in [-0.1, -0.05) is 60.7 Å². The zero-order valence-electron chi connectivity index (χ0n) is 14.0. The maximum atomic E-state index is 12.2. The Morgan fingerprint density at radius 1 is 0.960 bits per heavy atom. The third kappa shape index (κ3) is 2.87. The lowest BCUT2D eigenvalue weighted by molar-refractivity contribution is 0.181. The molecule has 1 fully saturated rings. The van der Waals surface area contributed by atoms with E-state index in [0.717, 1.165) is 27.9 Å². The van der Waals surface area contributed by atoms with Gasteiger partial charge < -0.3 is 4.74 Å². The fourth-order valence-electron chi connectivity index (χ4n) is 3.17. The Bertz CT molecular complexity index is 908. The van der Waals surface area contributed by atoms with E-state index in [1.165, 1.54) is 0 Å². The topological polar surface area (TPSA) is 42.4 Å². The van der Waals surface area contributed by atoms with Crippen molar-refractivity contribution in [1.82, 2.24) is 4.98 Å². The van der Waals surface area contributed by atoms with E-state index in [0.29, 0.717) is 19.0 Å². The lowest BCUT2D eigenvalue weighted by atomic mass is 9.94. The summed E-state index contributed by atoms with van der Waals surface area (Å²) in [5.74, 6) is 0.660. The highest BCUT2D eigenvalue weighted by Crippen LogP contribution is 2.39. The molecule has 2 heterocycles. The Labute approximate surface area is 146 Å². The molecule has 1 aliphatic rings. The van der Waals surface area contributed by atoms with Crippen molar-refractivity contribution in [3.8, 4) is 22.3 Å². The number of aromatic nitrogens is 1. The van der Waals surface area contributed by atoms with Gasteiger partial charge in [0.05, 0.1) is 6.54 Å². The average Bonchev–Trinajstić information content (AvgIpc) is 3.08. The summed E-state index contributed by atoms with van der Waals surface area (Å²) in [6, 6.07) is 22.3. The number of rotatable bonds is 3. The summed E-state index contributed by atoms with van der Waals surface area (Å²) in [4.78, 5) is 18.5. The minimum absolute atomic E-state index is 0.339. The Kier molecular flexibility index (Phi) is 3.94. The van der Waals surface area contributed by atoms with Crippen LogP contribution in [0, 0.1) is 6.92 Å². The fraction of sp³-hybridized carbons (Fsp3) is 0.143. The highest BCUT2D eigenvalue weighted by atomic mass is 16.6. The molecular weight excluding hydrogens is 312 g/mol. The number of pyridine rings is 1. The molecule has 1 amide bonds. The van der Waals surface area contributed by atoms with Crippen LogP contribution in [0.1, 0.15) is 5.69 Å². The molecule has 4 rings (SSSR count). The van der Waals surface area contributed by atoms with E-state index < -0.39 is 0 Å². The molecule has 1 aromatic heterocycles. The average molecular weight is 330 g/mol. The van der Waals surface area contributed by atoms with Gasteiger partial charge in [0, 0.05) is 11.3 Å². The predicted octanol–water partition coefficient (Wildman–Crippen LogP) is 4.68. The molecule has 2 aromatic carbocycles. The third-order valence-electron chi connectivity index (χ3n) is 4.29. The van der Waals surface area contributed by atoms with Crippen LogP contribution in [-0.2, 0) is 4.74 Å². The summed E-state index contributed by atoms with van der Waals surface area (Å²) < 4.78 is 5.14. The highest BCUT2D eigenvalue weighted by molar-refractivity contribution is 5.98. The molecule has 0 aliphatic carbocycles. The smallest absolute Gasteiger partial charge is 0.415 e. The molecule has 1 saturated heterocycles. The monoisotopic (exact) mass is 330 g/mol. The van der Waals surface area contributed by atoms with Gasteiger partial charge in [-0.05, 0) is 29.7 Å². The van der Waals surface area contributed by atoms with Crippen molar-refractivity contribution in [2.75, 3.05) is 18.1 Å². The molecule has 0 bridgehead atoms. The van der Waals surface area contributed by atoms with Crippen molar-refractivity contribution in [2.45, 2.75) is 6.92 Å². The van der Waals surface area contributed by atoms with E-state index in [9.17, 15) is 4.79 Å². The number of hydrogen-bond donors (Lipinski definition) is 0. The second-order valence-corrected chi connectivity index (χ2v) is 6.01. The van der Waals surface area contributed by atoms with Gasteiger partial charge in [0.15, 0.2) is 0 Å². The van der Waals surface area contributed by atoms with Gasteiger partial charge in [0.1, 0.15) is 12.4 Å². The number of aryl methyl sites for hydroxylation is 1. The molecule has 124 valence electrons. The van der Waals surface area contributed by atoms with E-state index in [2.05, 4.69) is 18.2 Å². The van der Waals surface area contributed by atoms with E-state index in [4.69, 9.17) is 9.72 Å². The van der Waals surface area contributed by atoms with Gasteiger partial charge in [0.25, 0.3) is 0 Å². The Morgan fingerprint density at radius 3 is 2.20 bits per heavy atom. The number of nitrogens with zero attached hydrogens (tertiary/aromatic N) is 2. The quantitative estimate of drug-likeness (QED) is 0.700. The third-order valence-corrected chi connectivity index (χ3v) is 4.29. The number of carbonyl (C=O) groups excluding carboxylic acids is 1. The number of benzene rings is 2. The van der Waals surface area contributed by atoms with Crippen LogP contribution in [0.2, 0.25) is 0 Å². The van der Waals surface area contributed by atoms with Gasteiger partial charge in [0.2, 0.25) is 0 Å². The zero-order valence-corrected chi connectivity index (χ0v) is 14.0.